The molecular formula is C15H31ClO. The lowest BCUT2D eigenvalue weighted by atomic mass is 10.0. The van der Waals surface area contributed by atoms with Gasteiger partial charge in [-0.25, -0.2) is 0 Å². The van der Waals surface area contributed by atoms with Crippen molar-refractivity contribution in [2.75, 3.05) is 5.88 Å². The number of alkyl halides is 1. The quantitative estimate of drug-likeness (QED) is 0.353. The fourth-order valence-electron chi connectivity index (χ4n) is 2.19. The molecule has 0 aliphatic heterocycles. The lowest BCUT2D eigenvalue weighted by molar-refractivity contribution is 0.150. The maximum Gasteiger partial charge on any atom is 0.0540 e. The predicted octanol–water partition coefficient (Wildman–Crippen LogP) is 5.29. The molecule has 0 rings (SSSR count). The first kappa shape index (κ1) is 17.2. The predicted molar refractivity (Wildman–Crippen MR) is 77.8 cm³/mol. The van der Waals surface area contributed by atoms with Crippen LogP contribution in [0.2, 0.25) is 0 Å². The molecule has 0 aromatic rings. The number of hydrogen-bond donors (Lipinski definition) is 1. The number of hydrogen-bond acceptors (Lipinski definition) is 1. The van der Waals surface area contributed by atoms with Crippen molar-refractivity contribution in [3.8, 4) is 0 Å². The van der Waals surface area contributed by atoms with Crippen molar-refractivity contribution in [3.05, 3.63) is 0 Å². The molecule has 0 radical (unpaired) electrons. The maximum absolute atomic E-state index is 9.56. The number of rotatable bonds is 13. The molecule has 0 aliphatic carbocycles. The summed E-state index contributed by atoms with van der Waals surface area (Å²) in [6.07, 6.45) is 14.8. The second kappa shape index (κ2) is 14.3. The standard InChI is InChI=1S/C15H31ClO/c1-2-12-15(17)13-10-8-6-4-3-5-7-9-11-14-16/h15,17H,2-14H2,1H3. The van der Waals surface area contributed by atoms with E-state index in [-0.39, 0.29) is 6.10 Å². The van der Waals surface area contributed by atoms with Gasteiger partial charge in [0.1, 0.15) is 0 Å². The van der Waals surface area contributed by atoms with E-state index in [0.717, 1.165) is 25.1 Å². The average molecular weight is 263 g/mol. The Bertz CT molecular complexity index is 139. The summed E-state index contributed by atoms with van der Waals surface area (Å²) < 4.78 is 0. The Morgan fingerprint density at radius 2 is 1.24 bits per heavy atom. The Kier molecular flexibility index (Phi) is 14.5. The second-order valence-electron chi connectivity index (χ2n) is 5.10. The number of aliphatic hydroxyl groups excluding tert-OH is 1. The molecule has 0 spiro atoms. The van der Waals surface area contributed by atoms with Crippen LogP contribution in [-0.2, 0) is 0 Å². The van der Waals surface area contributed by atoms with Crippen LogP contribution in [-0.4, -0.2) is 17.1 Å². The highest BCUT2D eigenvalue weighted by Gasteiger charge is 2.01. The van der Waals surface area contributed by atoms with Crippen LogP contribution in [0.5, 0.6) is 0 Å². The molecule has 0 amide bonds. The first-order chi connectivity index (χ1) is 8.31. The van der Waals surface area contributed by atoms with E-state index in [2.05, 4.69) is 6.92 Å². The van der Waals surface area contributed by atoms with Crippen molar-refractivity contribution in [2.45, 2.75) is 90.1 Å². The third-order valence-corrected chi connectivity index (χ3v) is 3.56. The molecule has 1 unspecified atom stereocenters. The van der Waals surface area contributed by atoms with Gasteiger partial charge in [-0.3, -0.25) is 0 Å². The van der Waals surface area contributed by atoms with Gasteiger partial charge in [0.2, 0.25) is 0 Å². The van der Waals surface area contributed by atoms with Gasteiger partial charge in [0.25, 0.3) is 0 Å². The Balaban J connectivity index is 2.98. The molecule has 0 aromatic heterocycles. The van der Waals surface area contributed by atoms with Crippen molar-refractivity contribution in [1.82, 2.24) is 0 Å². The molecule has 0 aromatic carbocycles. The molecule has 1 N–H and O–H groups in total. The zero-order chi connectivity index (χ0) is 12.8. The third-order valence-electron chi connectivity index (χ3n) is 3.29. The third kappa shape index (κ3) is 14.2. The van der Waals surface area contributed by atoms with Gasteiger partial charge in [-0.15, -0.1) is 11.6 Å². The Morgan fingerprint density at radius 1 is 0.765 bits per heavy atom. The fraction of sp³-hybridized carbons (Fsp3) is 1.00. The first-order valence-corrected chi connectivity index (χ1v) is 8.08. The summed E-state index contributed by atoms with van der Waals surface area (Å²) in [5, 5.41) is 9.56. The molecule has 1 atom stereocenters. The van der Waals surface area contributed by atoms with Crippen molar-refractivity contribution >= 4 is 11.6 Å². The largest absolute Gasteiger partial charge is 0.393 e. The summed E-state index contributed by atoms with van der Waals surface area (Å²) >= 11 is 5.63. The summed E-state index contributed by atoms with van der Waals surface area (Å²) in [6, 6.07) is 0. The molecule has 104 valence electrons. The normalized spacial score (nSPS) is 12.9. The van der Waals surface area contributed by atoms with Crippen LogP contribution in [0.15, 0.2) is 0 Å². The maximum atomic E-state index is 9.56. The van der Waals surface area contributed by atoms with Crippen molar-refractivity contribution in [2.24, 2.45) is 0 Å². The first-order valence-electron chi connectivity index (χ1n) is 7.55. The lowest BCUT2D eigenvalue weighted by Crippen LogP contribution is -2.04. The minimum Gasteiger partial charge on any atom is -0.393 e. The lowest BCUT2D eigenvalue weighted by Gasteiger charge is -2.08. The summed E-state index contributed by atoms with van der Waals surface area (Å²) in [5.41, 5.74) is 0. The minimum atomic E-state index is -0.0458. The van der Waals surface area contributed by atoms with Crippen molar-refractivity contribution in [3.63, 3.8) is 0 Å². The molecule has 0 saturated heterocycles. The molecule has 17 heavy (non-hydrogen) atoms. The zero-order valence-corrected chi connectivity index (χ0v) is 12.4. The summed E-state index contributed by atoms with van der Waals surface area (Å²) in [5.74, 6) is 0.820. The topological polar surface area (TPSA) is 20.2 Å². The molecule has 0 saturated carbocycles. The summed E-state index contributed by atoms with van der Waals surface area (Å²) in [4.78, 5) is 0. The van der Waals surface area contributed by atoms with E-state index in [4.69, 9.17) is 11.6 Å². The Labute approximate surface area is 113 Å². The van der Waals surface area contributed by atoms with Crippen molar-refractivity contribution < 1.29 is 5.11 Å². The van der Waals surface area contributed by atoms with Gasteiger partial charge in [-0.2, -0.15) is 0 Å². The van der Waals surface area contributed by atoms with Crippen LogP contribution in [0.3, 0.4) is 0 Å². The minimum absolute atomic E-state index is 0.0458. The molecular weight excluding hydrogens is 232 g/mol. The van der Waals surface area contributed by atoms with E-state index >= 15 is 0 Å². The summed E-state index contributed by atoms with van der Waals surface area (Å²) in [7, 11) is 0. The van der Waals surface area contributed by atoms with E-state index in [1.54, 1.807) is 0 Å². The average Bonchev–Trinajstić information content (AvgIpc) is 2.32. The van der Waals surface area contributed by atoms with Crippen LogP contribution in [0.4, 0.5) is 0 Å². The molecule has 0 fully saturated rings. The van der Waals surface area contributed by atoms with E-state index in [0.29, 0.717) is 0 Å². The van der Waals surface area contributed by atoms with Gasteiger partial charge in [-0.1, -0.05) is 64.7 Å². The highest BCUT2D eigenvalue weighted by Crippen LogP contribution is 2.12. The summed E-state index contributed by atoms with van der Waals surface area (Å²) in [6.45, 7) is 2.13. The van der Waals surface area contributed by atoms with Crippen molar-refractivity contribution in [1.29, 1.82) is 0 Å². The Hall–Kier alpha value is 0.250. The second-order valence-corrected chi connectivity index (χ2v) is 5.48. The van der Waals surface area contributed by atoms with Crippen LogP contribution < -0.4 is 0 Å². The molecule has 1 nitrogen and oxygen atoms in total. The van der Waals surface area contributed by atoms with Crippen LogP contribution in [0, 0.1) is 0 Å². The van der Waals surface area contributed by atoms with Crippen LogP contribution in [0.25, 0.3) is 0 Å². The fourth-order valence-corrected chi connectivity index (χ4v) is 2.38. The number of aliphatic hydroxyl groups is 1. The monoisotopic (exact) mass is 262 g/mol. The SMILES string of the molecule is CCCC(O)CCCCCCCCCCCCl. The van der Waals surface area contributed by atoms with Gasteiger partial charge < -0.3 is 5.11 Å². The molecule has 0 bridgehead atoms. The van der Waals surface area contributed by atoms with Gasteiger partial charge in [-0.05, 0) is 19.3 Å². The van der Waals surface area contributed by atoms with Gasteiger partial charge in [0.15, 0.2) is 0 Å². The van der Waals surface area contributed by atoms with E-state index < -0.39 is 0 Å². The number of unbranched alkanes of at least 4 members (excludes halogenated alkanes) is 8. The van der Waals surface area contributed by atoms with Crippen LogP contribution >= 0.6 is 11.6 Å². The smallest absolute Gasteiger partial charge is 0.0540 e. The van der Waals surface area contributed by atoms with Gasteiger partial charge >= 0.3 is 0 Å². The highest BCUT2D eigenvalue weighted by atomic mass is 35.5. The number of halogens is 1. The van der Waals surface area contributed by atoms with Gasteiger partial charge in [0, 0.05) is 5.88 Å². The van der Waals surface area contributed by atoms with E-state index in [1.807, 2.05) is 0 Å². The molecule has 2 heteroatoms. The molecule has 0 heterocycles. The van der Waals surface area contributed by atoms with Gasteiger partial charge in [0.05, 0.1) is 6.10 Å². The van der Waals surface area contributed by atoms with E-state index in [1.165, 1.54) is 57.8 Å². The molecule has 0 aliphatic rings. The highest BCUT2D eigenvalue weighted by molar-refractivity contribution is 6.17. The van der Waals surface area contributed by atoms with E-state index in [9.17, 15) is 5.11 Å². The van der Waals surface area contributed by atoms with Crippen LogP contribution in [0.1, 0.15) is 84.0 Å². The zero-order valence-electron chi connectivity index (χ0n) is 11.6. The Morgan fingerprint density at radius 3 is 1.71 bits per heavy atom.